The summed E-state index contributed by atoms with van der Waals surface area (Å²) in [5.74, 6) is -1.20. The average molecular weight is 357 g/mol. The fraction of sp³-hybridized carbons (Fsp3) is 0.176. The van der Waals surface area contributed by atoms with Gasteiger partial charge in [0, 0.05) is 5.39 Å². The molecule has 128 valence electrons. The monoisotopic (exact) mass is 357 g/mol. The quantitative estimate of drug-likeness (QED) is 0.553. The van der Waals surface area contributed by atoms with Crippen molar-refractivity contribution in [2.45, 2.75) is 13.5 Å². The van der Waals surface area contributed by atoms with Crippen LogP contribution in [-0.2, 0) is 16.1 Å². The molecule has 25 heavy (non-hydrogen) atoms. The van der Waals surface area contributed by atoms with Crippen LogP contribution in [0.4, 0.5) is 5.69 Å². The number of fused-ring (bicyclic) bond motifs is 1. The summed E-state index contributed by atoms with van der Waals surface area (Å²) in [5.41, 5.74) is 0.746. The molecule has 0 fully saturated rings. The number of ether oxygens (including phenoxy) is 1. The third-order valence-corrected chi connectivity index (χ3v) is 4.34. The molecule has 0 unspecified atom stereocenters. The number of esters is 1. The summed E-state index contributed by atoms with van der Waals surface area (Å²) in [6, 6.07) is 10.4. The fourth-order valence-electron chi connectivity index (χ4n) is 2.41. The highest BCUT2D eigenvalue weighted by Crippen LogP contribution is 2.38. The van der Waals surface area contributed by atoms with E-state index in [9.17, 15) is 14.7 Å². The Hall–Kier alpha value is -3.00. The van der Waals surface area contributed by atoms with Gasteiger partial charge in [0.2, 0.25) is 5.88 Å². The molecule has 1 N–H and O–H groups in total. The van der Waals surface area contributed by atoms with Gasteiger partial charge in [0.05, 0.1) is 17.0 Å². The van der Waals surface area contributed by atoms with E-state index < -0.39 is 11.9 Å². The van der Waals surface area contributed by atoms with Crippen LogP contribution in [0.1, 0.15) is 16.6 Å². The molecule has 0 aliphatic carbocycles. The molecule has 0 spiro atoms. The molecule has 0 aliphatic heterocycles. The third kappa shape index (κ3) is 3.43. The Labute approximate surface area is 147 Å². The van der Waals surface area contributed by atoms with Gasteiger partial charge in [-0.05, 0) is 24.4 Å². The molecule has 1 amide bonds. The first-order valence-electron chi connectivity index (χ1n) is 7.57. The molecule has 2 heterocycles. The Bertz CT molecular complexity index is 944. The van der Waals surface area contributed by atoms with Crippen molar-refractivity contribution in [3.05, 3.63) is 46.7 Å². The fourth-order valence-corrected chi connectivity index (χ4v) is 3.01. The first-order chi connectivity index (χ1) is 12.1. The van der Waals surface area contributed by atoms with Gasteiger partial charge in [-0.25, -0.2) is 0 Å². The summed E-state index contributed by atoms with van der Waals surface area (Å²) in [6.07, 6.45) is 0. The van der Waals surface area contributed by atoms with Gasteiger partial charge in [0.25, 0.3) is 0 Å². The lowest BCUT2D eigenvalue weighted by Crippen LogP contribution is -2.12. The van der Waals surface area contributed by atoms with E-state index in [1.165, 1.54) is 15.9 Å². The zero-order chi connectivity index (χ0) is 17.8. The zero-order valence-electron chi connectivity index (χ0n) is 13.4. The summed E-state index contributed by atoms with van der Waals surface area (Å²) < 4.78 is 6.31. The zero-order valence-corrected chi connectivity index (χ0v) is 14.2. The smallest absolute Gasteiger partial charge is 0.326 e. The van der Waals surface area contributed by atoms with Gasteiger partial charge in [-0.15, -0.1) is 21.6 Å². The maximum atomic E-state index is 12.0. The van der Waals surface area contributed by atoms with Gasteiger partial charge >= 0.3 is 11.9 Å². The minimum absolute atomic E-state index is 0.143. The largest absolute Gasteiger partial charge is 0.493 e. The molecule has 0 saturated heterocycles. The number of rotatable bonds is 5. The number of aromatic hydroxyl groups is 1. The molecule has 7 nitrogen and oxygen atoms in total. The van der Waals surface area contributed by atoms with Crippen LogP contribution in [0.25, 0.3) is 10.9 Å². The van der Waals surface area contributed by atoms with Crippen LogP contribution in [0.15, 0.2) is 52.0 Å². The Kier molecular flexibility index (Phi) is 4.90. The van der Waals surface area contributed by atoms with E-state index in [0.717, 1.165) is 0 Å². The predicted molar refractivity (Wildman–Crippen MR) is 93.4 cm³/mol. The number of aromatic nitrogens is 1. The lowest BCUT2D eigenvalue weighted by Gasteiger charge is -2.06. The molecular formula is C17H15N3O4S. The number of nitrogens with zero attached hydrogens (tertiary/aromatic N) is 3. The van der Waals surface area contributed by atoms with Crippen molar-refractivity contribution in [1.82, 2.24) is 4.57 Å². The van der Waals surface area contributed by atoms with E-state index in [2.05, 4.69) is 10.2 Å². The molecule has 1 aromatic carbocycles. The van der Waals surface area contributed by atoms with Crippen molar-refractivity contribution in [2.75, 3.05) is 6.61 Å². The maximum absolute atomic E-state index is 12.0. The van der Waals surface area contributed by atoms with Crippen molar-refractivity contribution in [2.24, 2.45) is 10.2 Å². The Morgan fingerprint density at radius 2 is 2.04 bits per heavy atom. The lowest BCUT2D eigenvalue weighted by molar-refractivity contribution is -0.143. The molecule has 0 saturated carbocycles. The molecule has 0 atom stereocenters. The lowest BCUT2D eigenvalue weighted by atomic mass is 10.2. The number of hydrogen-bond donors (Lipinski definition) is 1. The molecule has 0 aliphatic rings. The van der Waals surface area contributed by atoms with Crippen LogP contribution in [0.2, 0.25) is 0 Å². The van der Waals surface area contributed by atoms with Crippen molar-refractivity contribution < 1.29 is 19.4 Å². The van der Waals surface area contributed by atoms with Crippen molar-refractivity contribution in [3.63, 3.8) is 0 Å². The minimum Gasteiger partial charge on any atom is -0.493 e. The Morgan fingerprint density at radius 3 is 2.76 bits per heavy atom. The topological polar surface area (TPSA) is 93.2 Å². The van der Waals surface area contributed by atoms with Crippen LogP contribution in [0.3, 0.4) is 0 Å². The molecule has 8 heteroatoms. The molecule has 0 radical (unpaired) electrons. The summed E-state index contributed by atoms with van der Waals surface area (Å²) in [5, 5.41) is 20.4. The van der Waals surface area contributed by atoms with Gasteiger partial charge in [-0.1, -0.05) is 24.3 Å². The second-order valence-electron chi connectivity index (χ2n) is 5.06. The number of carbonyl (C=O) groups excluding carboxylic acids is 2. The third-order valence-electron chi connectivity index (χ3n) is 3.48. The number of benzene rings is 1. The molecular weight excluding hydrogens is 342 g/mol. The average Bonchev–Trinajstić information content (AvgIpc) is 3.22. The molecule has 3 aromatic rings. The SMILES string of the molecule is CCOC(=O)Cn1c(O)c(N=NC(=O)c2cccs2)c2ccccc21. The van der Waals surface area contributed by atoms with Crippen LogP contribution >= 0.6 is 11.3 Å². The number of thiophene rings is 1. The second kappa shape index (κ2) is 7.27. The Balaban J connectivity index is 1.99. The minimum atomic E-state index is -0.489. The number of carbonyl (C=O) groups is 2. The van der Waals surface area contributed by atoms with E-state index in [1.807, 2.05) is 0 Å². The van der Waals surface area contributed by atoms with E-state index >= 15 is 0 Å². The standard InChI is InChI=1S/C17H15N3O4S/c1-2-24-14(21)10-20-12-7-4-3-6-11(12)15(17(20)23)18-19-16(22)13-8-5-9-25-13/h3-9,23H,2,10H2,1H3. The normalized spacial score (nSPS) is 11.2. The molecule has 2 aromatic heterocycles. The molecule has 3 rings (SSSR count). The number of hydrogen-bond acceptors (Lipinski definition) is 6. The highest BCUT2D eigenvalue weighted by atomic mass is 32.1. The van der Waals surface area contributed by atoms with Gasteiger partial charge in [-0.2, -0.15) is 0 Å². The summed E-state index contributed by atoms with van der Waals surface area (Å²) in [4.78, 5) is 24.2. The van der Waals surface area contributed by atoms with E-state index in [4.69, 9.17) is 4.74 Å². The van der Waals surface area contributed by atoms with Crippen molar-refractivity contribution in [3.8, 4) is 5.88 Å². The first kappa shape index (κ1) is 16.8. The molecule has 0 bridgehead atoms. The second-order valence-corrected chi connectivity index (χ2v) is 6.01. The summed E-state index contributed by atoms with van der Waals surface area (Å²) in [6.45, 7) is 1.80. The maximum Gasteiger partial charge on any atom is 0.326 e. The van der Waals surface area contributed by atoms with Gasteiger partial charge in [0.15, 0.2) is 5.69 Å². The van der Waals surface area contributed by atoms with Crippen molar-refractivity contribution in [1.29, 1.82) is 0 Å². The van der Waals surface area contributed by atoms with Crippen LogP contribution in [0.5, 0.6) is 5.88 Å². The number of azo groups is 1. The van der Waals surface area contributed by atoms with E-state index in [0.29, 0.717) is 15.8 Å². The van der Waals surface area contributed by atoms with E-state index in [1.54, 1.807) is 48.7 Å². The highest BCUT2D eigenvalue weighted by Gasteiger charge is 2.19. The van der Waals surface area contributed by atoms with E-state index in [-0.39, 0.29) is 24.7 Å². The highest BCUT2D eigenvalue weighted by molar-refractivity contribution is 7.12. The van der Waals surface area contributed by atoms with Crippen LogP contribution in [-0.4, -0.2) is 28.2 Å². The summed E-state index contributed by atoms with van der Waals surface area (Å²) >= 11 is 1.26. The summed E-state index contributed by atoms with van der Waals surface area (Å²) in [7, 11) is 0. The van der Waals surface area contributed by atoms with Crippen molar-refractivity contribution >= 4 is 39.8 Å². The van der Waals surface area contributed by atoms with Crippen LogP contribution in [0, 0.1) is 0 Å². The number of para-hydroxylation sites is 1. The van der Waals surface area contributed by atoms with Gasteiger partial charge in [-0.3, -0.25) is 14.2 Å². The first-order valence-corrected chi connectivity index (χ1v) is 8.45. The predicted octanol–water partition coefficient (Wildman–Crippen LogP) is 3.90. The Morgan fingerprint density at radius 1 is 1.24 bits per heavy atom. The van der Waals surface area contributed by atoms with Gasteiger partial charge < -0.3 is 9.84 Å². The number of amides is 1. The van der Waals surface area contributed by atoms with Gasteiger partial charge in [0.1, 0.15) is 6.54 Å². The van der Waals surface area contributed by atoms with Crippen LogP contribution < -0.4 is 0 Å².